The maximum absolute atomic E-state index is 13.0. The van der Waals surface area contributed by atoms with Crippen LogP contribution in [0.5, 0.6) is 0 Å². The fourth-order valence-electron chi connectivity index (χ4n) is 1.46. The molecule has 0 saturated carbocycles. The number of benzene rings is 1. The lowest BCUT2D eigenvalue weighted by atomic mass is 10.1. The number of amides is 1. The van der Waals surface area contributed by atoms with Crippen molar-refractivity contribution in [1.29, 1.82) is 0 Å². The molecule has 112 valence electrons. The van der Waals surface area contributed by atoms with Crippen LogP contribution in [0.25, 0.3) is 0 Å². The number of rotatable bonds is 5. The molecule has 1 aromatic rings. The zero-order valence-electron chi connectivity index (χ0n) is 11.9. The lowest BCUT2D eigenvalue weighted by molar-refractivity contribution is -0.0162. The van der Waals surface area contributed by atoms with E-state index < -0.39 is 23.6 Å². The number of hydrogen-bond acceptors (Lipinski definition) is 4. The Balaban J connectivity index is 2.26. The van der Waals surface area contributed by atoms with Crippen molar-refractivity contribution in [2.45, 2.75) is 38.9 Å². The van der Waals surface area contributed by atoms with E-state index in [1.165, 1.54) is 18.2 Å². The highest BCUT2D eigenvalue weighted by atomic mass is 19.1. The molecule has 1 amide bonds. The third-order valence-electron chi connectivity index (χ3n) is 2.28. The second kappa shape index (κ2) is 7.21. The molecule has 1 rings (SSSR count). The van der Waals surface area contributed by atoms with Crippen molar-refractivity contribution in [3.05, 3.63) is 35.6 Å². The maximum atomic E-state index is 13.0. The number of halogens is 1. The molecule has 0 unspecified atom stereocenters. The van der Waals surface area contributed by atoms with Gasteiger partial charge in [-0.15, -0.1) is 0 Å². The molecule has 0 fully saturated rings. The molecule has 0 aliphatic heterocycles. The van der Waals surface area contributed by atoms with Crippen LogP contribution < -0.4 is 5.48 Å². The Kier molecular flexibility index (Phi) is 5.91. The van der Waals surface area contributed by atoms with Crippen LogP contribution in [0.2, 0.25) is 0 Å². The van der Waals surface area contributed by atoms with E-state index in [9.17, 15) is 14.3 Å². The minimum absolute atomic E-state index is 0.0803. The van der Waals surface area contributed by atoms with Crippen LogP contribution >= 0.6 is 0 Å². The number of nitrogens with one attached hydrogen (secondary N) is 1. The van der Waals surface area contributed by atoms with Crippen LogP contribution in [0.4, 0.5) is 9.18 Å². The molecule has 6 heteroatoms. The average molecular weight is 285 g/mol. The van der Waals surface area contributed by atoms with Gasteiger partial charge >= 0.3 is 6.09 Å². The summed E-state index contributed by atoms with van der Waals surface area (Å²) >= 11 is 0. The van der Waals surface area contributed by atoms with Crippen molar-refractivity contribution >= 4 is 6.09 Å². The number of aliphatic hydroxyl groups excluding tert-OH is 1. The fourth-order valence-corrected chi connectivity index (χ4v) is 1.46. The van der Waals surface area contributed by atoms with Gasteiger partial charge in [0.1, 0.15) is 11.4 Å². The van der Waals surface area contributed by atoms with E-state index in [1.807, 2.05) is 0 Å². The number of carbonyl (C=O) groups is 1. The molecule has 1 atom stereocenters. The number of aliphatic hydroxyl groups is 1. The summed E-state index contributed by atoms with van der Waals surface area (Å²) in [6, 6.07) is 5.70. The molecular weight excluding hydrogens is 265 g/mol. The number of hydrogen-bond donors (Lipinski definition) is 2. The predicted molar refractivity (Wildman–Crippen MR) is 71.3 cm³/mol. The van der Waals surface area contributed by atoms with Gasteiger partial charge in [-0.05, 0) is 38.5 Å². The van der Waals surface area contributed by atoms with Gasteiger partial charge in [0.15, 0.2) is 0 Å². The van der Waals surface area contributed by atoms with Crippen LogP contribution in [-0.4, -0.2) is 23.4 Å². The van der Waals surface area contributed by atoms with Crippen LogP contribution in [0.3, 0.4) is 0 Å². The Bertz CT molecular complexity index is 445. The summed E-state index contributed by atoms with van der Waals surface area (Å²) < 4.78 is 17.9. The summed E-state index contributed by atoms with van der Waals surface area (Å²) in [5, 5.41) is 9.81. The largest absolute Gasteiger partial charge is 0.442 e. The minimum Gasteiger partial charge on any atom is -0.442 e. The van der Waals surface area contributed by atoms with E-state index in [2.05, 4.69) is 5.48 Å². The molecule has 0 bridgehead atoms. The van der Waals surface area contributed by atoms with Crippen molar-refractivity contribution in [1.82, 2.24) is 5.48 Å². The number of ether oxygens (including phenoxy) is 1. The van der Waals surface area contributed by atoms with Crippen LogP contribution in [-0.2, 0) is 9.57 Å². The highest BCUT2D eigenvalue weighted by Gasteiger charge is 2.16. The van der Waals surface area contributed by atoms with Gasteiger partial charge in [-0.1, -0.05) is 12.1 Å². The summed E-state index contributed by atoms with van der Waals surface area (Å²) in [5.41, 5.74) is 1.97. The van der Waals surface area contributed by atoms with Gasteiger partial charge < -0.3 is 9.84 Å². The third-order valence-corrected chi connectivity index (χ3v) is 2.28. The molecule has 2 N–H and O–H groups in total. The molecule has 0 radical (unpaired) electrons. The van der Waals surface area contributed by atoms with Crippen LogP contribution in [0.1, 0.15) is 38.9 Å². The van der Waals surface area contributed by atoms with E-state index in [0.29, 0.717) is 5.56 Å². The molecule has 20 heavy (non-hydrogen) atoms. The first kappa shape index (κ1) is 16.4. The molecule has 1 aromatic carbocycles. The van der Waals surface area contributed by atoms with Gasteiger partial charge in [0.2, 0.25) is 0 Å². The first-order valence-corrected chi connectivity index (χ1v) is 6.32. The fraction of sp³-hybridized carbons (Fsp3) is 0.500. The molecule has 0 saturated heterocycles. The van der Waals surface area contributed by atoms with Gasteiger partial charge in [0.25, 0.3) is 0 Å². The van der Waals surface area contributed by atoms with Gasteiger partial charge in [-0.2, -0.15) is 5.48 Å². The first-order chi connectivity index (χ1) is 9.28. The molecule has 0 heterocycles. The summed E-state index contributed by atoms with van der Waals surface area (Å²) in [7, 11) is 0. The van der Waals surface area contributed by atoms with E-state index in [4.69, 9.17) is 9.57 Å². The van der Waals surface area contributed by atoms with Crippen LogP contribution in [0.15, 0.2) is 24.3 Å². The van der Waals surface area contributed by atoms with Crippen LogP contribution in [0, 0.1) is 5.82 Å². The predicted octanol–water partition coefficient (Wildman–Crippen LogP) is 2.71. The zero-order chi connectivity index (χ0) is 15.2. The molecule has 5 nitrogen and oxygen atoms in total. The van der Waals surface area contributed by atoms with Gasteiger partial charge in [-0.25, -0.2) is 9.18 Å². The van der Waals surface area contributed by atoms with Crippen molar-refractivity contribution in [3.8, 4) is 0 Å². The Hall–Kier alpha value is -1.66. The smallest absolute Gasteiger partial charge is 0.431 e. The Morgan fingerprint density at radius 2 is 2.15 bits per heavy atom. The lowest BCUT2D eigenvalue weighted by Crippen LogP contribution is -2.32. The summed E-state index contributed by atoms with van der Waals surface area (Å²) in [5.74, 6) is -0.408. The van der Waals surface area contributed by atoms with E-state index in [-0.39, 0.29) is 13.0 Å². The standard InChI is InChI=1S/C14H20FNO4/c1-14(2,3)20-13(18)16-19-8-7-12(17)10-5-4-6-11(15)9-10/h4-6,9,12,17H,7-8H2,1-3H3,(H,16,18)/t12-/m1/s1. The second-order valence-corrected chi connectivity index (χ2v) is 5.31. The topological polar surface area (TPSA) is 67.8 Å². The van der Waals surface area contributed by atoms with Crippen molar-refractivity contribution < 1.29 is 23.9 Å². The zero-order valence-corrected chi connectivity index (χ0v) is 11.9. The summed E-state index contributed by atoms with van der Waals surface area (Å²) in [6.07, 6.45) is -1.33. The van der Waals surface area contributed by atoms with Crippen molar-refractivity contribution in [3.63, 3.8) is 0 Å². The highest BCUT2D eigenvalue weighted by Crippen LogP contribution is 2.17. The highest BCUT2D eigenvalue weighted by molar-refractivity contribution is 5.66. The quantitative estimate of drug-likeness (QED) is 0.644. The molecule has 0 aliphatic carbocycles. The monoisotopic (exact) mass is 285 g/mol. The van der Waals surface area contributed by atoms with Gasteiger partial charge in [-0.3, -0.25) is 4.84 Å². The number of hydroxylamine groups is 1. The van der Waals surface area contributed by atoms with E-state index in [1.54, 1.807) is 26.8 Å². The first-order valence-electron chi connectivity index (χ1n) is 6.32. The normalized spacial score (nSPS) is 12.8. The van der Waals surface area contributed by atoms with Crippen molar-refractivity contribution in [2.24, 2.45) is 0 Å². The lowest BCUT2D eigenvalue weighted by Gasteiger charge is -2.19. The second-order valence-electron chi connectivity index (χ2n) is 5.31. The molecule has 0 spiro atoms. The van der Waals surface area contributed by atoms with E-state index in [0.717, 1.165) is 0 Å². The Morgan fingerprint density at radius 1 is 1.45 bits per heavy atom. The third kappa shape index (κ3) is 6.49. The van der Waals surface area contributed by atoms with Crippen molar-refractivity contribution in [2.75, 3.05) is 6.61 Å². The average Bonchev–Trinajstić information content (AvgIpc) is 2.32. The van der Waals surface area contributed by atoms with Gasteiger partial charge in [0, 0.05) is 6.42 Å². The van der Waals surface area contributed by atoms with Gasteiger partial charge in [0.05, 0.1) is 12.7 Å². The molecule has 0 aromatic heterocycles. The Morgan fingerprint density at radius 3 is 2.75 bits per heavy atom. The summed E-state index contributed by atoms with van der Waals surface area (Å²) in [4.78, 5) is 16.1. The summed E-state index contributed by atoms with van der Waals surface area (Å²) in [6.45, 7) is 5.29. The number of carbonyl (C=O) groups excluding carboxylic acids is 1. The Labute approximate surface area is 117 Å². The molecule has 0 aliphatic rings. The minimum atomic E-state index is -0.855. The maximum Gasteiger partial charge on any atom is 0.431 e. The molecular formula is C14H20FNO4. The SMILES string of the molecule is CC(C)(C)OC(=O)NOCC[C@@H](O)c1cccc(F)c1. The van der Waals surface area contributed by atoms with E-state index >= 15 is 0 Å².